The number of hydrogen-bond donors (Lipinski definition) is 3. The molecular formula is C9H13NO5S. The van der Waals surface area contributed by atoms with Gasteiger partial charge in [0.2, 0.25) is 0 Å². The van der Waals surface area contributed by atoms with E-state index in [1.165, 1.54) is 6.07 Å². The lowest BCUT2D eigenvalue weighted by Crippen LogP contribution is -2.09. The molecule has 0 aliphatic carbocycles. The van der Waals surface area contributed by atoms with Gasteiger partial charge in [-0.1, -0.05) is 6.07 Å². The van der Waals surface area contributed by atoms with Gasteiger partial charge in [-0.15, -0.1) is 0 Å². The van der Waals surface area contributed by atoms with Crippen molar-refractivity contribution in [1.82, 2.24) is 0 Å². The smallest absolute Gasteiger partial charge is 0.264 e. The van der Waals surface area contributed by atoms with Crippen molar-refractivity contribution < 1.29 is 22.8 Å². The Hall–Kier alpha value is -1.47. The minimum absolute atomic E-state index is 0.0905. The van der Waals surface area contributed by atoms with Crippen LogP contribution in [0.3, 0.4) is 0 Å². The van der Waals surface area contributed by atoms with Crippen molar-refractivity contribution in [3.63, 3.8) is 0 Å². The highest BCUT2D eigenvalue weighted by molar-refractivity contribution is 7.85. The molecule has 0 aliphatic rings. The molecule has 0 saturated heterocycles. The van der Waals surface area contributed by atoms with Crippen LogP contribution in [-0.2, 0) is 10.1 Å². The van der Waals surface area contributed by atoms with E-state index in [0.717, 1.165) is 0 Å². The van der Waals surface area contributed by atoms with Crippen molar-refractivity contribution in [3.8, 4) is 11.5 Å². The molecule has 0 atom stereocenters. The molecule has 0 unspecified atom stereocenters. The van der Waals surface area contributed by atoms with Crippen LogP contribution in [0, 0.1) is 0 Å². The summed E-state index contributed by atoms with van der Waals surface area (Å²) < 4.78 is 34.4. The maximum absolute atomic E-state index is 10.4. The fourth-order valence-electron chi connectivity index (χ4n) is 1.08. The molecule has 1 aromatic carbocycles. The van der Waals surface area contributed by atoms with Crippen molar-refractivity contribution in [2.24, 2.45) is 0 Å². The lowest BCUT2D eigenvalue weighted by atomic mass is 10.3. The number of benzene rings is 1. The van der Waals surface area contributed by atoms with E-state index in [1.54, 1.807) is 12.1 Å². The Morgan fingerprint density at radius 1 is 1.38 bits per heavy atom. The van der Waals surface area contributed by atoms with E-state index in [4.69, 9.17) is 15.0 Å². The Morgan fingerprint density at radius 2 is 2.06 bits per heavy atom. The summed E-state index contributed by atoms with van der Waals surface area (Å²) in [4.78, 5) is 0. The second-order valence-corrected chi connectivity index (χ2v) is 4.75. The predicted octanol–water partition coefficient (Wildman–Crippen LogP) is 0.631. The van der Waals surface area contributed by atoms with Crippen molar-refractivity contribution in [3.05, 3.63) is 18.2 Å². The summed E-state index contributed by atoms with van der Waals surface area (Å²) in [7, 11) is -3.96. The summed E-state index contributed by atoms with van der Waals surface area (Å²) in [5.74, 6) is -0.172. The molecule has 0 saturated carbocycles. The first-order valence-corrected chi connectivity index (χ1v) is 6.16. The molecule has 6 nitrogen and oxygen atoms in total. The first-order valence-electron chi connectivity index (χ1n) is 4.55. The molecule has 0 fully saturated rings. The molecule has 1 aromatic rings. The summed E-state index contributed by atoms with van der Waals surface area (Å²) in [5.41, 5.74) is 5.61. The third-order valence-corrected chi connectivity index (χ3v) is 2.65. The maximum atomic E-state index is 10.4. The number of nitrogen functional groups attached to an aromatic ring is 1. The minimum atomic E-state index is -3.96. The summed E-state index contributed by atoms with van der Waals surface area (Å²) >= 11 is 0. The molecule has 90 valence electrons. The fraction of sp³-hybridized carbons (Fsp3) is 0.333. The highest BCUT2D eigenvalue weighted by atomic mass is 32.2. The van der Waals surface area contributed by atoms with Gasteiger partial charge >= 0.3 is 0 Å². The minimum Gasteiger partial charge on any atom is -0.506 e. The third kappa shape index (κ3) is 3.95. The number of hydrogen-bond acceptors (Lipinski definition) is 5. The Morgan fingerprint density at radius 3 is 2.69 bits per heavy atom. The maximum Gasteiger partial charge on any atom is 0.264 e. The van der Waals surface area contributed by atoms with Crippen LogP contribution in [0.2, 0.25) is 0 Å². The van der Waals surface area contributed by atoms with Gasteiger partial charge in [0.15, 0.2) is 0 Å². The number of anilines is 1. The monoisotopic (exact) mass is 247 g/mol. The lowest BCUT2D eigenvalue weighted by Gasteiger charge is -2.08. The molecule has 0 aromatic heterocycles. The molecule has 0 aliphatic heterocycles. The quantitative estimate of drug-likeness (QED) is 0.305. The summed E-state index contributed by atoms with van der Waals surface area (Å²) in [6.45, 7) is 0.0907. The molecule has 0 heterocycles. The predicted molar refractivity (Wildman–Crippen MR) is 59.0 cm³/mol. The number of nitrogens with two attached hydrogens (primary N) is 1. The molecule has 4 N–H and O–H groups in total. The Balaban J connectivity index is 2.47. The van der Waals surface area contributed by atoms with Crippen molar-refractivity contribution in [2.45, 2.75) is 6.42 Å². The average Bonchev–Trinajstić information content (AvgIpc) is 2.17. The van der Waals surface area contributed by atoms with E-state index in [0.29, 0.717) is 0 Å². The zero-order valence-corrected chi connectivity index (χ0v) is 9.27. The lowest BCUT2D eigenvalue weighted by molar-refractivity contribution is 0.316. The van der Waals surface area contributed by atoms with Gasteiger partial charge in [0, 0.05) is 0 Å². The Bertz CT molecular complexity index is 457. The summed E-state index contributed by atoms with van der Waals surface area (Å²) in [6, 6.07) is 4.53. The second-order valence-electron chi connectivity index (χ2n) is 3.18. The zero-order valence-electron chi connectivity index (χ0n) is 8.46. The van der Waals surface area contributed by atoms with Gasteiger partial charge in [-0.3, -0.25) is 4.55 Å². The number of phenols is 1. The largest absolute Gasteiger partial charge is 0.506 e. The van der Waals surface area contributed by atoms with Gasteiger partial charge in [-0.2, -0.15) is 8.42 Å². The molecule has 0 radical (unpaired) electrons. The Kier molecular flexibility index (Phi) is 3.97. The SMILES string of the molecule is Nc1c(O)cccc1OCCCS(=O)(=O)O. The number of ether oxygens (including phenoxy) is 1. The van der Waals surface area contributed by atoms with Gasteiger partial charge < -0.3 is 15.6 Å². The molecule has 0 bridgehead atoms. The van der Waals surface area contributed by atoms with E-state index in [1.807, 2.05) is 0 Å². The number of rotatable bonds is 5. The standard InChI is InChI=1S/C9H13NO5S/c10-9-7(11)3-1-4-8(9)15-5-2-6-16(12,13)14/h1,3-4,11H,2,5-6,10H2,(H,12,13,14). The van der Waals surface area contributed by atoms with E-state index < -0.39 is 10.1 Å². The van der Waals surface area contributed by atoms with Gasteiger partial charge in [0.1, 0.15) is 17.2 Å². The van der Waals surface area contributed by atoms with Crippen LogP contribution in [0.25, 0.3) is 0 Å². The average molecular weight is 247 g/mol. The second kappa shape index (κ2) is 5.04. The number of para-hydroxylation sites is 1. The van der Waals surface area contributed by atoms with Crippen LogP contribution in [0.15, 0.2) is 18.2 Å². The van der Waals surface area contributed by atoms with Crippen molar-refractivity contribution >= 4 is 15.8 Å². The molecule has 0 spiro atoms. The van der Waals surface area contributed by atoms with Gasteiger partial charge in [-0.25, -0.2) is 0 Å². The molecule has 0 amide bonds. The highest BCUT2D eigenvalue weighted by Gasteiger charge is 2.06. The van der Waals surface area contributed by atoms with Crippen LogP contribution in [0.4, 0.5) is 5.69 Å². The van der Waals surface area contributed by atoms with Crippen LogP contribution >= 0.6 is 0 Å². The molecule has 1 rings (SSSR count). The van der Waals surface area contributed by atoms with Crippen LogP contribution < -0.4 is 10.5 Å². The summed E-state index contributed by atoms with van der Waals surface area (Å²) in [5, 5.41) is 9.24. The first-order chi connectivity index (χ1) is 7.40. The van der Waals surface area contributed by atoms with E-state index >= 15 is 0 Å². The molecular weight excluding hydrogens is 234 g/mol. The van der Waals surface area contributed by atoms with Crippen LogP contribution in [-0.4, -0.2) is 30.4 Å². The fourth-order valence-corrected chi connectivity index (χ4v) is 1.56. The van der Waals surface area contributed by atoms with Crippen LogP contribution in [0.1, 0.15) is 6.42 Å². The highest BCUT2D eigenvalue weighted by Crippen LogP contribution is 2.29. The van der Waals surface area contributed by atoms with Gasteiger partial charge in [0.25, 0.3) is 10.1 Å². The summed E-state index contributed by atoms with van der Waals surface area (Å²) in [6.07, 6.45) is 0.147. The normalized spacial score (nSPS) is 11.3. The van der Waals surface area contributed by atoms with E-state index in [2.05, 4.69) is 0 Å². The van der Waals surface area contributed by atoms with Gasteiger partial charge in [0.05, 0.1) is 12.4 Å². The number of aromatic hydroxyl groups is 1. The Labute approximate surface area is 93.4 Å². The molecule has 7 heteroatoms. The van der Waals surface area contributed by atoms with Gasteiger partial charge in [-0.05, 0) is 18.6 Å². The third-order valence-electron chi connectivity index (χ3n) is 1.85. The molecule has 16 heavy (non-hydrogen) atoms. The van der Waals surface area contributed by atoms with Crippen molar-refractivity contribution in [1.29, 1.82) is 0 Å². The van der Waals surface area contributed by atoms with Crippen molar-refractivity contribution in [2.75, 3.05) is 18.1 Å². The zero-order chi connectivity index (χ0) is 12.2. The van der Waals surface area contributed by atoms with E-state index in [-0.39, 0.29) is 36.0 Å². The van der Waals surface area contributed by atoms with E-state index in [9.17, 15) is 13.5 Å². The number of phenolic OH excluding ortho intramolecular Hbond substituents is 1. The van der Waals surface area contributed by atoms with Crippen LogP contribution in [0.5, 0.6) is 11.5 Å². The first kappa shape index (κ1) is 12.6. The topological polar surface area (TPSA) is 110 Å².